The van der Waals surface area contributed by atoms with Crippen LogP contribution in [-0.4, -0.2) is 11.3 Å². The van der Waals surface area contributed by atoms with Gasteiger partial charge >= 0.3 is 6.18 Å². The number of ether oxygens (including phenoxy) is 1. The van der Waals surface area contributed by atoms with Crippen molar-refractivity contribution in [2.45, 2.75) is 12.8 Å². The van der Waals surface area contributed by atoms with Gasteiger partial charge in [-0.2, -0.15) is 13.2 Å². The molecule has 0 fully saturated rings. The Bertz CT molecular complexity index is 577. The molecule has 0 atom stereocenters. The Morgan fingerprint density at radius 3 is 2.30 bits per heavy atom. The monoisotopic (exact) mass is 281 g/mol. The van der Waals surface area contributed by atoms with Crippen LogP contribution in [0.3, 0.4) is 0 Å². The summed E-state index contributed by atoms with van der Waals surface area (Å²) in [5.74, 6) is 0.248. The third-order valence-corrected chi connectivity index (χ3v) is 2.55. The molecule has 0 aliphatic carbocycles. The molecule has 20 heavy (non-hydrogen) atoms. The van der Waals surface area contributed by atoms with Crippen molar-refractivity contribution in [2.24, 2.45) is 0 Å². The number of nitrogens with zero attached hydrogens (tertiary/aromatic N) is 1. The molecule has 0 spiro atoms. The van der Waals surface area contributed by atoms with Crippen molar-refractivity contribution < 1.29 is 22.7 Å². The molecule has 0 saturated heterocycles. The molecule has 2 aromatic rings. The van der Waals surface area contributed by atoms with Crippen molar-refractivity contribution in [3.8, 4) is 5.75 Å². The summed E-state index contributed by atoms with van der Waals surface area (Å²) < 4.78 is 42.2. The third-order valence-electron chi connectivity index (χ3n) is 2.55. The molecule has 1 aromatic heterocycles. The number of pyridine rings is 1. The number of hydrogen-bond acceptors (Lipinski definition) is 3. The normalized spacial score (nSPS) is 11.2. The minimum Gasteiger partial charge on any atom is -0.487 e. The Morgan fingerprint density at radius 1 is 1.10 bits per heavy atom. The highest BCUT2D eigenvalue weighted by molar-refractivity contribution is 5.74. The molecule has 3 nitrogen and oxygen atoms in total. The second kappa shape index (κ2) is 5.73. The van der Waals surface area contributed by atoms with E-state index in [1.54, 1.807) is 24.3 Å². The van der Waals surface area contributed by atoms with Crippen molar-refractivity contribution in [3.63, 3.8) is 0 Å². The van der Waals surface area contributed by atoms with Crippen LogP contribution < -0.4 is 4.74 Å². The van der Waals surface area contributed by atoms with Gasteiger partial charge in [-0.15, -0.1) is 0 Å². The maximum atomic E-state index is 12.3. The molecule has 2 rings (SSSR count). The average molecular weight is 281 g/mol. The molecule has 1 heterocycles. The molecule has 0 unspecified atom stereocenters. The predicted octanol–water partition coefficient (Wildman–Crippen LogP) is 3.49. The van der Waals surface area contributed by atoms with Crippen LogP contribution in [-0.2, 0) is 12.8 Å². The van der Waals surface area contributed by atoms with Crippen LogP contribution in [0.1, 0.15) is 21.6 Å². The number of rotatable bonds is 4. The van der Waals surface area contributed by atoms with Gasteiger partial charge in [0.25, 0.3) is 0 Å². The number of halogens is 3. The topological polar surface area (TPSA) is 39.2 Å². The van der Waals surface area contributed by atoms with E-state index in [1.165, 1.54) is 6.07 Å². The summed E-state index contributed by atoms with van der Waals surface area (Å²) in [5.41, 5.74) is 0.389. The van der Waals surface area contributed by atoms with E-state index >= 15 is 0 Å². The lowest BCUT2D eigenvalue weighted by Gasteiger charge is -2.08. The summed E-state index contributed by atoms with van der Waals surface area (Å²) in [6.07, 6.45) is -2.70. The van der Waals surface area contributed by atoms with E-state index in [2.05, 4.69) is 4.98 Å². The first kappa shape index (κ1) is 14.0. The Morgan fingerprint density at radius 2 is 1.80 bits per heavy atom. The molecule has 0 N–H and O–H groups in total. The van der Waals surface area contributed by atoms with Gasteiger partial charge in [0, 0.05) is 5.56 Å². The van der Waals surface area contributed by atoms with Crippen molar-refractivity contribution in [3.05, 3.63) is 59.4 Å². The molecule has 6 heteroatoms. The SMILES string of the molecule is O=Cc1ccc(COc2ccc(C(F)(F)F)nc2)cc1. The second-order valence-electron chi connectivity index (χ2n) is 4.03. The zero-order valence-electron chi connectivity index (χ0n) is 10.2. The highest BCUT2D eigenvalue weighted by atomic mass is 19.4. The Balaban J connectivity index is 1.98. The number of aromatic nitrogens is 1. The number of benzene rings is 1. The fraction of sp³-hybridized carbons (Fsp3) is 0.143. The molecule has 104 valence electrons. The molecule has 0 aliphatic heterocycles. The van der Waals surface area contributed by atoms with E-state index in [0.717, 1.165) is 24.1 Å². The van der Waals surface area contributed by atoms with E-state index in [-0.39, 0.29) is 12.4 Å². The van der Waals surface area contributed by atoms with Crippen LogP contribution in [0, 0.1) is 0 Å². The largest absolute Gasteiger partial charge is 0.487 e. The number of aldehydes is 1. The van der Waals surface area contributed by atoms with E-state index in [9.17, 15) is 18.0 Å². The van der Waals surface area contributed by atoms with Gasteiger partial charge in [-0.3, -0.25) is 4.79 Å². The van der Waals surface area contributed by atoms with Crippen LogP contribution in [0.15, 0.2) is 42.6 Å². The third kappa shape index (κ3) is 3.57. The average Bonchev–Trinajstić information content (AvgIpc) is 2.45. The summed E-state index contributed by atoms with van der Waals surface area (Å²) >= 11 is 0. The predicted molar refractivity (Wildman–Crippen MR) is 65.4 cm³/mol. The van der Waals surface area contributed by atoms with Gasteiger partial charge in [0.2, 0.25) is 0 Å². The smallest absolute Gasteiger partial charge is 0.433 e. The van der Waals surface area contributed by atoms with Gasteiger partial charge in [0.1, 0.15) is 24.3 Å². The highest BCUT2D eigenvalue weighted by Crippen LogP contribution is 2.28. The van der Waals surface area contributed by atoms with E-state index in [1.807, 2.05) is 0 Å². The lowest BCUT2D eigenvalue weighted by atomic mass is 10.2. The summed E-state index contributed by atoms with van der Waals surface area (Å²) in [4.78, 5) is 13.8. The summed E-state index contributed by atoms with van der Waals surface area (Å²) in [5, 5.41) is 0. The van der Waals surface area contributed by atoms with Crippen LogP contribution >= 0.6 is 0 Å². The van der Waals surface area contributed by atoms with Gasteiger partial charge < -0.3 is 4.74 Å². The van der Waals surface area contributed by atoms with Crippen molar-refractivity contribution >= 4 is 6.29 Å². The van der Waals surface area contributed by atoms with Crippen LogP contribution in [0.25, 0.3) is 0 Å². The highest BCUT2D eigenvalue weighted by Gasteiger charge is 2.32. The molecule has 0 radical (unpaired) electrons. The molecule has 0 bridgehead atoms. The molecular weight excluding hydrogens is 271 g/mol. The number of carbonyl (C=O) groups is 1. The minimum atomic E-state index is -4.46. The van der Waals surface area contributed by atoms with Crippen LogP contribution in [0.4, 0.5) is 13.2 Å². The first-order valence-corrected chi connectivity index (χ1v) is 5.69. The Kier molecular flexibility index (Phi) is 4.02. The second-order valence-corrected chi connectivity index (χ2v) is 4.03. The van der Waals surface area contributed by atoms with Gasteiger partial charge in [-0.05, 0) is 17.7 Å². The van der Waals surface area contributed by atoms with E-state index in [4.69, 9.17) is 4.74 Å². The molecule has 0 saturated carbocycles. The first-order chi connectivity index (χ1) is 9.49. The number of hydrogen-bond donors (Lipinski definition) is 0. The number of alkyl halides is 3. The molecule has 1 aromatic carbocycles. The Hall–Kier alpha value is -2.37. The maximum Gasteiger partial charge on any atom is 0.433 e. The van der Waals surface area contributed by atoms with E-state index in [0.29, 0.717) is 5.56 Å². The Labute approximate surface area is 113 Å². The fourth-order valence-electron chi connectivity index (χ4n) is 1.49. The van der Waals surface area contributed by atoms with Crippen molar-refractivity contribution in [1.82, 2.24) is 4.98 Å². The van der Waals surface area contributed by atoms with E-state index < -0.39 is 11.9 Å². The minimum absolute atomic E-state index is 0.187. The standard InChI is InChI=1S/C14H10F3NO2/c15-14(16,17)13-6-5-12(7-18-13)20-9-11-3-1-10(8-19)2-4-11/h1-8H,9H2. The lowest BCUT2D eigenvalue weighted by molar-refractivity contribution is -0.141. The first-order valence-electron chi connectivity index (χ1n) is 5.69. The van der Waals surface area contributed by atoms with Crippen LogP contribution in [0.2, 0.25) is 0 Å². The van der Waals surface area contributed by atoms with Gasteiger partial charge in [-0.25, -0.2) is 4.98 Å². The van der Waals surface area contributed by atoms with Gasteiger partial charge in [0.15, 0.2) is 0 Å². The zero-order valence-corrected chi connectivity index (χ0v) is 10.2. The van der Waals surface area contributed by atoms with Gasteiger partial charge in [0.05, 0.1) is 6.20 Å². The molecule has 0 amide bonds. The summed E-state index contributed by atoms with van der Waals surface area (Å²) in [6.45, 7) is 0.187. The quantitative estimate of drug-likeness (QED) is 0.805. The fourth-order valence-corrected chi connectivity index (χ4v) is 1.49. The number of carbonyl (C=O) groups excluding carboxylic acids is 1. The van der Waals surface area contributed by atoms with Crippen molar-refractivity contribution in [1.29, 1.82) is 0 Å². The zero-order chi connectivity index (χ0) is 14.6. The van der Waals surface area contributed by atoms with Gasteiger partial charge in [-0.1, -0.05) is 24.3 Å². The van der Waals surface area contributed by atoms with Crippen molar-refractivity contribution in [2.75, 3.05) is 0 Å². The molecular formula is C14H10F3NO2. The molecule has 0 aliphatic rings. The van der Waals surface area contributed by atoms with Crippen LogP contribution in [0.5, 0.6) is 5.75 Å². The lowest BCUT2D eigenvalue weighted by Crippen LogP contribution is -2.07. The summed E-state index contributed by atoms with van der Waals surface area (Å²) in [6, 6.07) is 8.77. The summed E-state index contributed by atoms with van der Waals surface area (Å²) in [7, 11) is 0. The maximum absolute atomic E-state index is 12.3.